The third-order valence-corrected chi connectivity index (χ3v) is 5.20. The van der Waals surface area contributed by atoms with Crippen LogP contribution >= 0.6 is 11.6 Å². The van der Waals surface area contributed by atoms with Crippen LogP contribution in [0.5, 0.6) is 0 Å². The van der Waals surface area contributed by atoms with Gasteiger partial charge in [-0.15, -0.1) is 0 Å². The van der Waals surface area contributed by atoms with Gasteiger partial charge in [-0.2, -0.15) is 0 Å². The predicted molar refractivity (Wildman–Crippen MR) is 104 cm³/mol. The maximum absolute atomic E-state index is 12.5. The van der Waals surface area contributed by atoms with Gasteiger partial charge in [0.2, 0.25) is 0 Å². The van der Waals surface area contributed by atoms with E-state index < -0.39 is 5.54 Å². The van der Waals surface area contributed by atoms with Gasteiger partial charge in [0.15, 0.2) is 0 Å². The van der Waals surface area contributed by atoms with E-state index in [2.05, 4.69) is 5.32 Å². The van der Waals surface area contributed by atoms with E-state index in [-0.39, 0.29) is 24.7 Å². The third-order valence-electron chi connectivity index (χ3n) is 4.95. The van der Waals surface area contributed by atoms with Crippen molar-refractivity contribution in [1.82, 2.24) is 5.32 Å². The van der Waals surface area contributed by atoms with Gasteiger partial charge in [-0.05, 0) is 60.7 Å². The molecule has 2 aromatic carbocycles. The van der Waals surface area contributed by atoms with Crippen molar-refractivity contribution >= 4 is 23.1 Å². The van der Waals surface area contributed by atoms with Crippen LogP contribution in [-0.4, -0.2) is 28.3 Å². The normalized spacial score (nSPS) is 19.8. The second-order valence-electron chi connectivity index (χ2n) is 6.98. The summed E-state index contributed by atoms with van der Waals surface area (Å²) in [5.41, 5.74) is 3.95. The van der Waals surface area contributed by atoms with Crippen molar-refractivity contribution in [2.24, 2.45) is 0 Å². The number of aryl methyl sites for hydroxylation is 2. The molecule has 1 atom stereocenters. The van der Waals surface area contributed by atoms with Crippen molar-refractivity contribution in [3.63, 3.8) is 0 Å². The van der Waals surface area contributed by atoms with E-state index in [4.69, 9.17) is 11.6 Å². The largest absolute Gasteiger partial charge is 0.509 e. The number of hydrogen-bond donors (Lipinski definition) is 3. The van der Waals surface area contributed by atoms with Gasteiger partial charge in [-0.3, -0.25) is 4.79 Å². The molecular weight excluding hydrogens is 350 g/mol. The summed E-state index contributed by atoms with van der Waals surface area (Å²) in [5.74, 6) is -0.328. The summed E-state index contributed by atoms with van der Waals surface area (Å²) < 4.78 is 0. The molecule has 0 spiro atoms. The molecule has 0 saturated carbocycles. The molecular formula is C21H22ClNO3. The van der Waals surface area contributed by atoms with Gasteiger partial charge in [0.25, 0.3) is 5.91 Å². The zero-order valence-electron chi connectivity index (χ0n) is 15.1. The molecule has 0 saturated heterocycles. The molecule has 1 amide bonds. The van der Waals surface area contributed by atoms with Gasteiger partial charge >= 0.3 is 0 Å². The fraction of sp³-hybridized carbons (Fsp3) is 0.286. The Kier molecular flexibility index (Phi) is 4.82. The summed E-state index contributed by atoms with van der Waals surface area (Å²) in [6.45, 7) is 5.45. The van der Waals surface area contributed by atoms with Crippen LogP contribution in [0.15, 0.2) is 42.2 Å². The molecule has 0 fully saturated rings. The fourth-order valence-electron chi connectivity index (χ4n) is 3.56. The number of halogens is 1. The van der Waals surface area contributed by atoms with E-state index in [0.717, 1.165) is 27.8 Å². The van der Waals surface area contributed by atoms with Gasteiger partial charge < -0.3 is 15.5 Å². The van der Waals surface area contributed by atoms with Crippen molar-refractivity contribution < 1.29 is 15.0 Å². The summed E-state index contributed by atoms with van der Waals surface area (Å²) in [6, 6.07) is 11.6. The lowest BCUT2D eigenvalue weighted by atomic mass is 9.89. The Bertz CT molecular complexity index is 879. The molecule has 4 nitrogen and oxygen atoms in total. The Morgan fingerprint density at radius 1 is 1.08 bits per heavy atom. The summed E-state index contributed by atoms with van der Waals surface area (Å²) >= 11 is 5.96. The fourth-order valence-corrected chi connectivity index (χ4v) is 3.68. The Balaban J connectivity index is 2.11. The number of amides is 1. The first kappa shape index (κ1) is 18.5. The number of aliphatic hydroxyl groups is 2. The molecule has 0 aromatic heterocycles. The standard InChI is InChI=1S/C21H22ClNO3/c1-12-10-15(14-4-6-16(22)7-5-14)11-13(2)17(12)18-19(25)21(3,8-9-24)23-20(18)26/h4-7,10-11,24-25H,8-9H2,1-3H3,(H,23,26). The van der Waals surface area contributed by atoms with Crippen LogP contribution in [0, 0.1) is 13.8 Å². The molecule has 3 N–H and O–H groups in total. The summed E-state index contributed by atoms with van der Waals surface area (Å²) in [4.78, 5) is 12.5. The maximum atomic E-state index is 12.5. The Labute approximate surface area is 158 Å². The number of carbonyl (C=O) groups is 1. The van der Waals surface area contributed by atoms with Crippen molar-refractivity contribution in [2.45, 2.75) is 32.7 Å². The first-order valence-corrected chi connectivity index (χ1v) is 8.89. The van der Waals surface area contributed by atoms with E-state index in [1.54, 1.807) is 6.92 Å². The van der Waals surface area contributed by atoms with E-state index in [9.17, 15) is 15.0 Å². The molecule has 1 aliphatic rings. The Morgan fingerprint density at radius 3 is 2.19 bits per heavy atom. The topological polar surface area (TPSA) is 69.6 Å². The lowest BCUT2D eigenvalue weighted by Gasteiger charge is -2.23. The molecule has 1 aliphatic heterocycles. The number of aliphatic hydroxyl groups excluding tert-OH is 2. The van der Waals surface area contributed by atoms with Crippen LogP contribution < -0.4 is 5.32 Å². The highest BCUT2D eigenvalue weighted by Crippen LogP contribution is 2.38. The van der Waals surface area contributed by atoms with Crippen molar-refractivity contribution in [1.29, 1.82) is 0 Å². The molecule has 1 heterocycles. The predicted octanol–water partition coefficient (Wildman–Crippen LogP) is 4.16. The minimum absolute atomic E-state index is 0.0120. The first-order valence-electron chi connectivity index (χ1n) is 8.51. The van der Waals surface area contributed by atoms with E-state index in [1.807, 2.05) is 50.2 Å². The molecule has 136 valence electrons. The van der Waals surface area contributed by atoms with Gasteiger partial charge in [0.1, 0.15) is 5.76 Å². The smallest absolute Gasteiger partial charge is 0.256 e. The zero-order valence-corrected chi connectivity index (χ0v) is 15.8. The minimum Gasteiger partial charge on any atom is -0.509 e. The maximum Gasteiger partial charge on any atom is 0.256 e. The van der Waals surface area contributed by atoms with Crippen LogP contribution in [0.2, 0.25) is 5.02 Å². The lowest BCUT2D eigenvalue weighted by molar-refractivity contribution is -0.116. The van der Waals surface area contributed by atoms with Crippen LogP contribution in [0.4, 0.5) is 0 Å². The Morgan fingerprint density at radius 2 is 1.65 bits per heavy atom. The minimum atomic E-state index is -0.936. The SMILES string of the molecule is Cc1cc(-c2ccc(Cl)cc2)cc(C)c1C1=C(O)C(C)(CCO)NC1=O. The van der Waals surface area contributed by atoms with E-state index in [1.165, 1.54) is 0 Å². The highest BCUT2D eigenvalue weighted by molar-refractivity contribution is 6.30. The van der Waals surface area contributed by atoms with Crippen molar-refractivity contribution in [2.75, 3.05) is 6.61 Å². The second kappa shape index (κ2) is 6.78. The highest BCUT2D eigenvalue weighted by Gasteiger charge is 2.42. The average molecular weight is 372 g/mol. The first-order chi connectivity index (χ1) is 12.3. The van der Waals surface area contributed by atoms with Crippen LogP contribution in [0.1, 0.15) is 30.0 Å². The highest BCUT2D eigenvalue weighted by atomic mass is 35.5. The zero-order chi connectivity index (χ0) is 19.1. The second-order valence-corrected chi connectivity index (χ2v) is 7.41. The summed E-state index contributed by atoms with van der Waals surface area (Å²) in [7, 11) is 0. The molecule has 0 bridgehead atoms. The molecule has 5 heteroatoms. The van der Waals surface area contributed by atoms with E-state index >= 15 is 0 Å². The van der Waals surface area contributed by atoms with Gasteiger partial charge in [0.05, 0.1) is 11.1 Å². The monoisotopic (exact) mass is 371 g/mol. The quantitative estimate of drug-likeness (QED) is 0.755. The van der Waals surface area contributed by atoms with Crippen molar-refractivity contribution in [3.05, 3.63) is 63.9 Å². The number of nitrogens with one attached hydrogen (secondary N) is 1. The molecule has 0 aliphatic carbocycles. The lowest BCUT2D eigenvalue weighted by Crippen LogP contribution is -2.42. The van der Waals surface area contributed by atoms with Gasteiger partial charge in [0, 0.05) is 18.1 Å². The van der Waals surface area contributed by atoms with Crippen LogP contribution in [0.3, 0.4) is 0 Å². The van der Waals surface area contributed by atoms with Crippen LogP contribution in [-0.2, 0) is 4.79 Å². The average Bonchev–Trinajstić information content (AvgIpc) is 2.78. The van der Waals surface area contributed by atoms with Gasteiger partial charge in [-0.25, -0.2) is 0 Å². The molecule has 3 rings (SSSR count). The summed E-state index contributed by atoms with van der Waals surface area (Å²) in [6.07, 6.45) is 0.259. The Hall–Kier alpha value is -2.30. The third kappa shape index (κ3) is 3.11. The number of rotatable bonds is 4. The summed E-state index contributed by atoms with van der Waals surface area (Å²) in [5, 5.41) is 23.4. The number of benzene rings is 2. The number of hydrogen-bond acceptors (Lipinski definition) is 3. The molecule has 2 aromatic rings. The van der Waals surface area contributed by atoms with Crippen LogP contribution in [0.25, 0.3) is 16.7 Å². The van der Waals surface area contributed by atoms with E-state index in [0.29, 0.717) is 10.6 Å². The molecule has 0 radical (unpaired) electrons. The van der Waals surface area contributed by atoms with Crippen molar-refractivity contribution in [3.8, 4) is 11.1 Å². The molecule has 1 unspecified atom stereocenters. The molecule has 26 heavy (non-hydrogen) atoms. The number of carbonyl (C=O) groups excluding carboxylic acids is 1. The van der Waals surface area contributed by atoms with Gasteiger partial charge in [-0.1, -0.05) is 35.9 Å².